The van der Waals surface area contributed by atoms with E-state index in [0.717, 1.165) is 25.1 Å². The number of anilines is 1. The third-order valence-corrected chi connectivity index (χ3v) is 7.45. The van der Waals surface area contributed by atoms with Crippen LogP contribution in [0, 0.1) is 29.5 Å². The molecule has 1 N–H and O–H groups in total. The molecule has 6 rings (SSSR count). The zero-order chi connectivity index (χ0) is 25.2. The van der Waals surface area contributed by atoms with E-state index >= 15 is 0 Å². The molecular formula is C26H22F4N4O2. The number of ether oxygens (including phenoxy) is 1. The first kappa shape index (κ1) is 22.8. The van der Waals surface area contributed by atoms with Crippen molar-refractivity contribution < 1.29 is 27.1 Å². The van der Waals surface area contributed by atoms with Crippen LogP contribution in [0.1, 0.15) is 25.3 Å². The van der Waals surface area contributed by atoms with E-state index in [1.165, 1.54) is 28.8 Å². The van der Waals surface area contributed by atoms with Crippen LogP contribution < -0.4 is 10.1 Å². The van der Waals surface area contributed by atoms with Gasteiger partial charge in [-0.2, -0.15) is 13.2 Å². The normalized spacial score (nSPS) is 24.0. The summed E-state index contributed by atoms with van der Waals surface area (Å²) in [5.74, 6) is 0.927. The Balaban J connectivity index is 1.08. The van der Waals surface area contributed by atoms with Crippen LogP contribution in [0.2, 0.25) is 0 Å². The van der Waals surface area contributed by atoms with Crippen LogP contribution in [0.5, 0.6) is 5.75 Å². The molecule has 1 aromatic carbocycles. The Hall–Kier alpha value is -3.69. The summed E-state index contributed by atoms with van der Waals surface area (Å²) in [6.07, 6.45) is 1.12. The lowest BCUT2D eigenvalue weighted by atomic mass is 9.97. The predicted octanol–water partition coefficient (Wildman–Crippen LogP) is 5.72. The molecule has 0 spiro atoms. The van der Waals surface area contributed by atoms with Crippen molar-refractivity contribution in [3.8, 4) is 5.75 Å². The molecule has 5 atom stereocenters. The summed E-state index contributed by atoms with van der Waals surface area (Å²) < 4.78 is 60.0. The van der Waals surface area contributed by atoms with Crippen molar-refractivity contribution in [1.82, 2.24) is 14.4 Å². The Morgan fingerprint density at radius 2 is 1.92 bits per heavy atom. The van der Waals surface area contributed by atoms with Gasteiger partial charge in [0, 0.05) is 23.7 Å². The molecule has 0 saturated heterocycles. The third-order valence-electron chi connectivity index (χ3n) is 7.45. The number of hydrogen-bond donors (Lipinski definition) is 1. The first-order valence-electron chi connectivity index (χ1n) is 11.7. The summed E-state index contributed by atoms with van der Waals surface area (Å²) in [6, 6.07) is 8.39. The minimum atomic E-state index is -4.46. The van der Waals surface area contributed by atoms with E-state index in [2.05, 4.69) is 15.3 Å². The first-order valence-corrected chi connectivity index (χ1v) is 11.7. The number of amides is 1. The highest BCUT2D eigenvalue weighted by molar-refractivity contribution is 5.92. The molecule has 4 aromatic rings. The largest absolute Gasteiger partial charge is 0.490 e. The second kappa shape index (κ2) is 8.18. The van der Waals surface area contributed by atoms with Gasteiger partial charge < -0.3 is 14.5 Å². The topological polar surface area (TPSA) is 68.5 Å². The van der Waals surface area contributed by atoms with Gasteiger partial charge in [-0.25, -0.2) is 9.37 Å². The summed E-state index contributed by atoms with van der Waals surface area (Å²) in [4.78, 5) is 21.3. The van der Waals surface area contributed by atoms with Gasteiger partial charge >= 0.3 is 6.18 Å². The van der Waals surface area contributed by atoms with Crippen molar-refractivity contribution in [2.45, 2.75) is 32.0 Å². The minimum absolute atomic E-state index is 0.0124. The number of benzene rings is 1. The lowest BCUT2D eigenvalue weighted by Crippen LogP contribution is -2.25. The fourth-order valence-electron chi connectivity index (χ4n) is 5.69. The van der Waals surface area contributed by atoms with Crippen LogP contribution in [0.15, 0.2) is 55.0 Å². The van der Waals surface area contributed by atoms with Crippen LogP contribution in [0.4, 0.5) is 23.4 Å². The molecule has 6 nitrogen and oxygen atoms in total. The zero-order valence-corrected chi connectivity index (χ0v) is 19.2. The maximum absolute atomic E-state index is 13.7. The highest BCUT2D eigenvalue weighted by Gasteiger charge is 2.59. The third kappa shape index (κ3) is 4.04. The first-order chi connectivity index (χ1) is 17.2. The highest BCUT2D eigenvalue weighted by Crippen LogP contribution is 2.61. The lowest BCUT2D eigenvalue weighted by Gasteiger charge is -2.20. The molecule has 2 aliphatic rings. The number of pyridine rings is 2. The van der Waals surface area contributed by atoms with Crippen LogP contribution in [0.3, 0.4) is 0 Å². The van der Waals surface area contributed by atoms with Gasteiger partial charge in [0.15, 0.2) is 5.82 Å². The van der Waals surface area contributed by atoms with E-state index in [4.69, 9.17) is 4.74 Å². The molecule has 1 unspecified atom stereocenters. The number of carbonyl (C=O) groups is 1. The maximum atomic E-state index is 13.7. The second-order valence-electron chi connectivity index (χ2n) is 9.67. The van der Waals surface area contributed by atoms with Crippen molar-refractivity contribution in [2.24, 2.45) is 23.7 Å². The summed E-state index contributed by atoms with van der Waals surface area (Å²) in [7, 11) is 0. The summed E-state index contributed by atoms with van der Waals surface area (Å²) in [6.45, 7) is 1.87. The van der Waals surface area contributed by atoms with Gasteiger partial charge in [0.2, 0.25) is 5.91 Å². The molecule has 2 aliphatic carbocycles. The lowest BCUT2D eigenvalue weighted by molar-refractivity contribution is -0.137. The number of nitrogens with zero attached hydrogens (tertiary/aromatic N) is 3. The molecule has 1 amide bonds. The fraction of sp³-hybridized carbons (Fsp3) is 0.346. The summed E-state index contributed by atoms with van der Waals surface area (Å²) in [5.41, 5.74) is 0.200. The van der Waals surface area contributed by atoms with Gasteiger partial charge in [-0.1, -0.05) is 6.92 Å². The number of nitrogens with one attached hydrogen (secondary N) is 1. The van der Waals surface area contributed by atoms with Gasteiger partial charge in [-0.3, -0.25) is 9.78 Å². The number of carbonyl (C=O) groups excluding carboxylic acids is 1. The smallest absolute Gasteiger partial charge is 0.417 e. The number of alkyl halides is 3. The number of hydrogen-bond acceptors (Lipinski definition) is 4. The van der Waals surface area contributed by atoms with Crippen molar-refractivity contribution in [3.63, 3.8) is 0 Å². The molecule has 36 heavy (non-hydrogen) atoms. The molecule has 2 fully saturated rings. The Labute approximate surface area is 203 Å². The number of aromatic nitrogens is 3. The van der Waals surface area contributed by atoms with Crippen LogP contribution >= 0.6 is 0 Å². The molecule has 0 radical (unpaired) electrons. The number of fused-ring (bicyclic) bond motifs is 3. The van der Waals surface area contributed by atoms with Crippen molar-refractivity contribution in [2.75, 3.05) is 5.32 Å². The highest BCUT2D eigenvalue weighted by atomic mass is 19.4. The van der Waals surface area contributed by atoms with E-state index in [0.29, 0.717) is 34.1 Å². The van der Waals surface area contributed by atoms with Crippen molar-refractivity contribution in [3.05, 3.63) is 66.4 Å². The van der Waals surface area contributed by atoms with Crippen molar-refractivity contribution >= 4 is 28.3 Å². The summed E-state index contributed by atoms with van der Waals surface area (Å²) in [5, 5.41) is 3.39. The van der Waals surface area contributed by atoms with E-state index < -0.39 is 11.7 Å². The van der Waals surface area contributed by atoms with Gasteiger partial charge in [0.1, 0.15) is 17.2 Å². The molecule has 186 valence electrons. The standard InChI is InChI=1S/C26H22F4N4O2/c1-13(25(35)33-22-12-34-11-14(26(28,29)30)2-5-23(34)32-22)24-17-9-16(10-18(17)24)36-21-6-7-31-20-4-3-15(27)8-19(20)21/h2-8,11-13,16-18,24H,9-10H2,1H3,(H,33,35)/t13?,16-,17-,18+,24-. The molecule has 3 aromatic heterocycles. The van der Waals surface area contributed by atoms with E-state index in [9.17, 15) is 22.4 Å². The van der Waals surface area contributed by atoms with Crippen molar-refractivity contribution in [1.29, 1.82) is 0 Å². The fourth-order valence-corrected chi connectivity index (χ4v) is 5.69. The van der Waals surface area contributed by atoms with E-state index in [1.807, 2.05) is 6.92 Å². The molecule has 3 heterocycles. The Morgan fingerprint density at radius 3 is 2.67 bits per heavy atom. The number of halogens is 4. The number of rotatable bonds is 5. The van der Waals surface area contributed by atoms with Crippen LogP contribution in [-0.2, 0) is 11.0 Å². The van der Waals surface area contributed by atoms with Gasteiger partial charge in [0.25, 0.3) is 0 Å². The van der Waals surface area contributed by atoms with E-state index in [-0.39, 0.29) is 35.5 Å². The van der Waals surface area contributed by atoms with Gasteiger partial charge in [-0.05, 0) is 67.0 Å². The predicted molar refractivity (Wildman–Crippen MR) is 124 cm³/mol. The zero-order valence-electron chi connectivity index (χ0n) is 19.2. The minimum Gasteiger partial charge on any atom is -0.490 e. The average molecular weight is 498 g/mol. The molecule has 0 aliphatic heterocycles. The Kier molecular flexibility index (Phi) is 5.17. The Morgan fingerprint density at radius 1 is 1.14 bits per heavy atom. The molecule has 0 bridgehead atoms. The molecule has 10 heteroatoms. The average Bonchev–Trinajstić information content (AvgIpc) is 3.14. The second-order valence-corrected chi connectivity index (χ2v) is 9.67. The van der Waals surface area contributed by atoms with Gasteiger partial charge in [0.05, 0.1) is 23.4 Å². The SMILES string of the molecule is CC(C(=O)Nc1cn2cc(C(F)(F)F)ccc2n1)[C@@H]1[C@@H]2C[C@@H](Oc3ccnc4ccc(F)cc34)C[C@@H]21. The summed E-state index contributed by atoms with van der Waals surface area (Å²) >= 11 is 0. The van der Waals surface area contributed by atoms with Gasteiger partial charge in [-0.15, -0.1) is 0 Å². The monoisotopic (exact) mass is 498 g/mol. The van der Waals surface area contributed by atoms with Crippen LogP contribution in [-0.4, -0.2) is 26.4 Å². The quantitative estimate of drug-likeness (QED) is 0.358. The van der Waals surface area contributed by atoms with Crippen LogP contribution in [0.25, 0.3) is 16.6 Å². The Bertz CT molecular complexity index is 1470. The maximum Gasteiger partial charge on any atom is 0.417 e. The molecule has 2 saturated carbocycles. The van der Waals surface area contributed by atoms with E-state index in [1.54, 1.807) is 18.3 Å². The number of imidazole rings is 1. The molecular weight excluding hydrogens is 476 g/mol.